The van der Waals surface area contributed by atoms with Gasteiger partial charge in [-0.2, -0.15) is 0 Å². The average molecular weight is 413 g/mol. The van der Waals surface area contributed by atoms with Crippen LogP contribution in [0.3, 0.4) is 0 Å². The summed E-state index contributed by atoms with van der Waals surface area (Å²) >= 11 is 1.41. The topological polar surface area (TPSA) is 90.1 Å². The Bertz CT molecular complexity index is 1020. The number of pyridine rings is 2. The number of aliphatic hydroxyl groups is 1. The number of nitrogens with zero attached hydrogens (tertiary/aromatic N) is 4. The quantitative estimate of drug-likeness (QED) is 0.569. The second kappa shape index (κ2) is 9.19. The summed E-state index contributed by atoms with van der Waals surface area (Å²) in [5, 5.41) is 10.2. The van der Waals surface area contributed by atoms with E-state index in [0.717, 1.165) is 17.7 Å². The lowest BCUT2D eigenvalue weighted by molar-refractivity contribution is 0.0266. The first-order valence-corrected chi connectivity index (χ1v) is 10.2. The zero-order chi connectivity index (χ0) is 20.9. The predicted molar refractivity (Wildman–Crippen MR) is 113 cm³/mol. The second-order valence-electron chi connectivity index (χ2n) is 7.24. The summed E-state index contributed by atoms with van der Waals surface area (Å²) in [4.78, 5) is 25.7. The van der Waals surface area contributed by atoms with Gasteiger partial charge in [-0.15, -0.1) is 11.8 Å². The molecule has 0 saturated heterocycles. The van der Waals surface area contributed by atoms with Crippen molar-refractivity contribution in [3.8, 4) is 11.6 Å². The van der Waals surface area contributed by atoms with Crippen LogP contribution in [0.1, 0.15) is 25.1 Å². The zero-order valence-corrected chi connectivity index (χ0v) is 17.5. The maximum absolute atomic E-state index is 12.8. The van der Waals surface area contributed by atoms with Gasteiger partial charge in [-0.25, -0.2) is 9.97 Å². The molecule has 0 saturated carbocycles. The monoisotopic (exact) mass is 412 g/mol. The van der Waals surface area contributed by atoms with E-state index in [1.165, 1.54) is 16.3 Å². The Labute approximate surface area is 173 Å². The molecule has 0 amide bonds. The predicted octanol–water partition coefficient (Wildman–Crippen LogP) is 2.82. The van der Waals surface area contributed by atoms with Crippen LogP contribution in [-0.2, 0) is 6.42 Å². The Kier molecular flexibility index (Phi) is 6.66. The van der Waals surface area contributed by atoms with Crippen molar-refractivity contribution in [3.05, 3.63) is 70.7 Å². The third-order valence-electron chi connectivity index (χ3n) is 3.99. The van der Waals surface area contributed by atoms with Crippen molar-refractivity contribution in [3.63, 3.8) is 0 Å². The van der Waals surface area contributed by atoms with Gasteiger partial charge in [0.2, 0.25) is 5.88 Å². The molecule has 0 aromatic carbocycles. The van der Waals surface area contributed by atoms with Crippen molar-refractivity contribution in [2.24, 2.45) is 0 Å². The first kappa shape index (κ1) is 21.0. The lowest BCUT2D eigenvalue weighted by atomic mass is 10.2. The number of hydrogen-bond acceptors (Lipinski definition) is 7. The summed E-state index contributed by atoms with van der Waals surface area (Å²) in [6, 6.07) is 7.62. The number of aromatic nitrogens is 4. The molecule has 3 heterocycles. The van der Waals surface area contributed by atoms with Crippen molar-refractivity contribution in [1.82, 2.24) is 19.5 Å². The van der Waals surface area contributed by atoms with E-state index in [4.69, 9.17) is 4.74 Å². The molecule has 0 spiro atoms. The molecule has 7 nitrogen and oxygen atoms in total. The highest BCUT2D eigenvalue weighted by Gasteiger charge is 2.15. The minimum absolute atomic E-state index is 0.131. The summed E-state index contributed by atoms with van der Waals surface area (Å²) in [7, 11) is 0. The van der Waals surface area contributed by atoms with Gasteiger partial charge in [-0.05, 0) is 45.4 Å². The minimum atomic E-state index is -0.948. The number of aryl methyl sites for hydroxylation is 2. The molecule has 0 aliphatic rings. The van der Waals surface area contributed by atoms with Crippen LogP contribution in [0.2, 0.25) is 0 Å². The molecule has 3 rings (SSSR count). The summed E-state index contributed by atoms with van der Waals surface area (Å²) in [5.41, 5.74) is 1.26. The Morgan fingerprint density at radius 2 is 2.03 bits per heavy atom. The van der Waals surface area contributed by atoms with Crippen LogP contribution in [0.25, 0.3) is 5.69 Å². The fourth-order valence-electron chi connectivity index (χ4n) is 2.57. The average Bonchev–Trinajstić information content (AvgIpc) is 2.68. The van der Waals surface area contributed by atoms with Crippen LogP contribution < -0.4 is 10.3 Å². The van der Waals surface area contributed by atoms with Gasteiger partial charge < -0.3 is 9.84 Å². The SMILES string of the molecule is Cc1cc(-n2ccnc(SCCc3ccccn3)c2=O)cnc1OCC(C)(C)O. The molecule has 3 aromatic heterocycles. The Hall–Kier alpha value is -2.71. The van der Waals surface area contributed by atoms with Gasteiger partial charge in [-0.3, -0.25) is 14.3 Å². The smallest absolute Gasteiger partial charge is 0.287 e. The number of hydrogen-bond donors (Lipinski definition) is 1. The van der Waals surface area contributed by atoms with Gasteiger partial charge in [0.15, 0.2) is 5.03 Å². The molecular formula is C21H24N4O3S. The highest BCUT2D eigenvalue weighted by Crippen LogP contribution is 2.19. The summed E-state index contributed by atoms with van der Waals surface area (Å²) in [6.07, 6.45) is 7.33. The maximum Gasteiger partial charge on any atom is 0.287 e. The molecular weight excluding hydrogens is 388 g/mol. The van der Waals surface area contributed by atoms with E-state index in [1.807, 2.05) is 31.2 Å². The zero-order valence-electron chi connectivity index (χ0n) is 16.7. The van der Waals surface area contributed by atoms with Gasteiger partial charge in [0.05, 0.1) is 17.5 Å². The van der Waals surface area contributed by atoms with Gasteiger partial charge in [0.25, 0.3) is 5.56 Å². The fourth-order valence-corrected chi connectivity index (χ4v) is 3.43. The van der Waals surface area contributed by atoms with E-state index in [0.29, 0.717) is 22.3 Å². The van der Waals surface area contributed by atoms with Crippen LogP contribution in [0.15, 0.2) is 58.9 Å². The normalized spacial score (nSPS) is 11.4. The molecule has 0 radical (unpaired) electrons. The molecule has 0 unspecified atom stereocenters. The van der Waals surface area contributed by atoms with Crippen molar-refractivity contribution in [2.75, 3.05) is 12.4 Å². The molecule has 0 aliphatic carbocycles. The van der Waals surface area contributed by atoms with E-state index in [1.54, 1.807) is 38.6 Å². The molecule has 0 fully saturated rings. The largest absolute Gasteiger partial charge is 0.474 e. The number of thioether (sulfide) groups is 1. The third kappa shape index (κ3) is 5.88. The Morgan fingerprint density at radius 1 is 1.21 bits per heavy atom. The fraction of sp³-hybridized carbons (Fsp3) is 0.333. The van der Waals surface area contributed by atoms with Crippen LogP contribution in [0.5, 0.6) is 5.88 Å². The van der Waals surface area contributed by atoms with E-state index in [2.05, 4.69) is 15.0 Å². The van der Waals surface area contributed by atoms with Gasteiger partial charge in [0.1, 0.15) is 6.61 Å². The maximum atomic E-state index is 12.8. The molecule has 0 atom stereocenters. The van der Waals surface area contributed by atoms with E-state index in [-0.39, 0.29) is 12.2 Å². The number of rotatable bonds is 8. The van der Waals surface area contributed by atoms with Gasteiger partial charge in [0, 0.05) is 35.6 Å². The molecule has 0 bridgehead atoms. The van der Waals surface area contributed by atoms with Crippen molar-refractivity contribution < 1.29 is 9.84 Å². The Balaban J connectivity index is 1.73. The minimum Gasteiger partial charge on any atom is -0.474 e. The van der Waals surface area contributed by atoms with E-state index in [9.17, 15) is 9.90 Å². The van der Waals surface area contributed by atoms with Crippen LogP contribution in [0.4, 0.5) is 0 Å². The molecule has 1 N–H and O–H groups in total. The van der Waals surface area contributed by atoms with E-state index >= 15 is 0 Å². The first-order chi connectivity index (χ1) is 13.8. The van der Waals surface area contributed by atoms with Crippen molar-refractivity contribution in [2.45, 2.75) is 37.8 Å². The van der Waals surface area contributed by atoms with Crippen LogP contribution in [0, 0.1) is 6.92 Å². The Morgan fingerprint density at radius 3 is 2.72 bits per heavy atom. The first-order valence-electron chi connectivity index (χ1n) is 9.26. The van der Waals surface area contributed by atoms with Gasteiger partial charge in [-0.1, -0.05) is 6.07 Å². The molecule has 29 heavy (non-hydrogen) atoms. The van der Waals surface area contributed by atoms with Crippen LogP contribution >= 0.6 is 11.8 Å². The summed E-state index contributed by atoms with van der Waals surface area (Å²) in [5.74, 6) is 1.15. The number of ether oxygens (including phenoxy) is 1. The van der Waals surface area contributed by atoms with Gasteiger partial charge >= 0.3 is 0 Å². The lowest BCUT2D eigenvalue weighted by Crippen LogP contribution is -2.28. The summed E-state index contributed by atoms with van der Waals surface area (Å²) < 4.78 is 7.09. The molecule has 0 aliphatic heterocycles. The summed E-state index contributed by atoms with van der Waals surface area (Å²) in [6.45, 7) is 5.32. The highest BCUT2D eigenvalue weighted by molar-refractivity contribution is 7.99. The molecule has 3 aromatic rings. The lowest BCUT2D eigenvalue weighted by Gasteiger charge is -2.18. The van der Waals surface area contributed by atoms with E-state index < -0.39 is 5.60 Å². The molecule has 8 heteroatoms. The second-order valence-corrected chi connectivity index (χ2v) is 8.33. The molecule has 152 valence electrons. The van der Waals surface area contributed by atoms with Crippen molar-refractivity contribution in [1.29, 1.82) is 0 Å². The standard InChI is InChI=1S/C21H24N4O3S/c1-15-12-17(13-24-18(15)28-14-21(2,3)27)25-10-9-23-19(20(25)26)29-11-7-16-6-4-5-8-22-16/h4-6,8-10,12-13,27H,7,11,14H2,1-3H3. The third-order valence-corrected chi connectivity index (χ3v) is 4.95. The van der Waals surface area contributed by atoms with Crippen molar-refractivity contribution >= 4 is 11.8 Å². The highest BCUT2D eigenvalue weighted by atomic mass is 32.2. The van der Waals surface area contributed by atoms with Crippen LogP contribution in [-0.4, -0.2) is 42.6 Å².